The quantitative estimate of drug-likeness (QED) is 0.708. The molecule has 0 amide bonds. The minimum atomic E-state index is 0.425. The van der Waals surface area contributed by atoms with E-state index < -0.39 is 0 Å². The zero-order valence-electron chi connectivity index (χ0n) is 7.90. The van der Waals surface area contributed by atoms with Crippen LogP contribution in [0.1, 0.15) is 30.0 Å². The average molecular weight is 188 g/mol. The Morgan fingerprint density at radius 2 is 2.21 bits per heavy atom. The molecule has 0 saturated carbocycles. The van der Waals surface area contributed by atoms with E-state index >= 15 is 0 Å². The van der Waals surface area contributed by atoms with Crippen molar-refractivity contribution in [1.29, 1.82) is 5.26 Å². The molecule has 2 rings (SSSR count). The Balaban J connectivity index is 2.26. The van der Waals surface area contributed by atoms with E-state index in [4.69, 9.17) is 5.26 Å². The monoisotopic (exact) mass is 188 g/mol. The third-order valence-corrected chi connectivity index (χ3v) is 2.59. The van der Waals surface area contributed by atoms with Crippen molar-refractivity contribution in [3.05, 3.63) is 23.8 Å². The number of aromatic nitrogens is 2. The Kier molecular flexibility index (Phi) is 2.70. The fourth-order valence-corrected chi connectivity index (χ4v) is 1.85. The summed E-state index contributed by atoms with van der Waals surface area (Å²) in [7, 11) is 0. The van der Waals surface area contributed by atoms with E-state index in [1.54, 1.807) is 6.20 Å². The van der Waals surface area contributed by atoms with Gasteiger partial charge < -0.3 is 5.32 Å². The van der Waals surface area contributed by atoms with Crippen molar-refractivity contribution in [3.8, 4) is 6.07 Å². The van der Waals surface area contributed by atoms with Crippen LogP contribution >= 0.6 is 0 Å². The molecular weight excluding hydrogens is 176 g/mol. The van der Waals surface area contributed by atoms with E-state index in [1.807, 2.05) is 0 Å². The number of piperidine rings is 1. The molecule has 0 radical (unpaired) electrons. The average Bonchev–Trinajstić information content (AvgIpc) is 2.30. The summed E-state index contributed by atoms with van der Waals surface area (Å²) in [5.74, 6) is 0.425. The Labute approximate surface area is 83.0 Å². The molecule has 0 aliphatic carbocycles. The third-order valence-electron chi connectivity index (χ3n) is 2.59. The van der Waals surface area contributed by atoms with Crippen LogP contribution < -0.4 is 5.32 Å². The lowest BCUT2D eigenvalue weighted by Gasteiger charge is -2.22. The normalized spacial score (nSPS) is 17.6. The summed E-state index contributed by atoms with van der Waals surface area (Å²) in [5.41, 5.74) is 1.54. The molecule has 0 atom stereocenters. The van der Waals surface area contributed by atoms with Gasteiger partial charge in [-0.25, -0.2) is 9.97 Å². The number of nitrogens with zero attached hydrogens (tertiary/aromatic N) is 3. The summed E-state index contributed by atoms with van der Waals surface area (Å²) in [4.78, 5) is 8.07. The van der Waals surface area contributed by atoms with Gasteiger partial charge in [-0.3, -0.25) is 0 Å². The molecule has 1 fully saturated rings. The molecule has 1 aliphatic rings. The molecule has 2 heterocycles. The summed E-state index contributed by atoms with van der Waals surface area (Å²) in [6.45, 7) is 2.03. The maximum absolute atomic E-state index is 8.90. The Bertz CT molecular complexity index is 349. The number of hydrogen-bond donors (Lipinski definition) is 1. The van der Waals surface area contributed by atoms with Gasteiger partial charge >= 0.3 is 0 Å². The van der Waals surface area contributed by atoms with Crippen LogP contribution in [-0.4, -0.2) is 23.1 Å². The highest BCUT2D eigenvalue weighted by Gasteiger charge is 2.19. The summed E-state index contributed by atoms with van der Waals surface area (Å²) >= 11 is 0. The van der Waals surface area contributed by atoms with Gasteiger partial charge in [0.05, 0.1) is 11.3 Å². The van der Waals surface area contributed by atoms with Crippen molar-refractivity contribution >= 4 is 0 Å². The first kappa shape index (κ1) is 9.10. The van der Waals surface area contributed by atoms with E-state index in [0.29, 0.717) is 11.5 Å². The highest BCUT2D eigenvalue weighted by Crippen LogP contribution is 2.24. The second-order valence-electron chi connectivity index (χ2n) is 3.46. The highest BCUT2D eigenvalue weighted by molar-refractivity contribution is 5.32. The number of nitrogens with one attached hydrogen (secondary N) is 1. The molecule has 0 aromatic carbocycles. The fraction of sp³-hybridized carbons (Fsp3) is 0.500. The first-order valence-electron chi connectivity index (χ1n) is 4.82. The topological polar surface area (TPSA) is 61.6 Å². The van der Waals surface area contributed by atoms with Crippen molar-refractivity contribution in [1.82, 2.24) is 15.3 Å². The van der Waals surface area contributed by atoms with Crippen LogP contribution in [0.5, 0.6) is 0 Å². The molecule has 1 aromatic rings. The van der Waals surface area contributed by atoms with E-state index in [1.165, 1.54) is 6.33 Å². The molecule has 4 heteroatoms. The second kappa shape index (κ2) is 4.16. The molecule has 14 heavy (non-hydrogen) atoms. The van der Waals surface area contributed by atoms with Crippen molar-refractivity contribution in [2.24, 2.45) is 0 Å². The van der Waals surface area contributed by atoms with Gasteiger partial charge in [-0.15, -0.1) is 0 Å². The van der Waals surface area contributed by atoms with Crippen LogP contribution in [0.25, 0.3) is 0 Å². The molecule has 1 N–H and O–H groups in total. The maximum atomic E-state index is 8.90. The molecule has 0 bridgehead atoms. The maximum Gasteiger partial charge on any atom is 0.115 e. The van der Waals surface area contributed by atoms with E-state index in [0.717, 1.165) is 31.6 Å². The van der Waals surface area contributed by atoms with Crippen LogP contribution in [0.4, 0.5) is 0 Å². The van der Waals surface area contributed by atoms with Gasteiger partial charge in [0.15, 0.2) is 0 Å². The number of nitriles is 1. The van der Waals surface area contributed by atoms with Crippen molar-refractivity contribution < 1.29 is 0 Å². The molecule has 1 aliphatic heterocycles. The molecule has 1 aromatic heterocycles. The lowest BCUT2D eigenvalue weighted by molar-refractivity contribution is 0.452. The third kappa shape index (κ3) is 1.73. The largest absolute Gasteiger partial charge is 0.317 e. The van der Waals surface area contributed by atoms with Crippen LogP contribution in [-0.2, 0) is 0 Å². The lowest BCUT2D eigenvalue weighted by Crippen LogP contribution is -2.27. The Morgan fingerprint density at radius 1 is 1.43 bits per heavy atom. The summed E-state index contributed by atoms with van der Waals surface area (Å²) in [5, 5.41) is 12.2. The SMILES string of the molecule is N#Cc1cncnc1C1CCNCC1. The van der Waals surface area contributed by atoms with Crippen molar-refractivity contribution in [2.45, 2.75) is 18.8 Å². The fourth-order valence-electron chi connectivity index (χ4n) is 1.85. The van der Waals surface area contributed by atoms with Gasteiger partial charge in [0.25, 0.3) is 0 Å². The molecule has 1 saturated heterocycles. The van der Waals surface area contributed by atoms with Gasteiger partial charge in [0, 0.05) is 12.1 Å². The van der Waals surface area contributed by atoms with Crippen LogP contribution in [0.15, 0.2) is 12.5 Å². The van der Waals surface area contributed by atoms with Gasteiger partial charge in [-0.05, 0) is 25.9 Å². The second-order valence-corrected chi connectivity index (χ2v) is 3.46. The van der Waals surface area contributed by atoms with E-state index in [9.17, 15) is 0 Å². The minimum Gasteiger partial charge on any atom is -0.317 e. The highest BCUT2D eigenvalue weighted by atomic mass is 14.9. The van der Waals surface area contributed by atoms with Crippen LogP contribution in [0.3, 0.4) is 0 Å². The standard InChI is InChI=1S/C10H12N4/c11-5-9-6-13-7-14-10(9)8-1-3-12-4-2-8/h6-8,12H,1-4H2. The predicted octanol–water partition coefficient (Wildman–Crippen LogP) is 0.815. The zero-order valence-corrected chi connectivity index (χ0v) is 7.90. The molecule has 4 nitrogen and oxygen atoms in total. The van der Waals surface area contributed by atoms with Gasteiger partial charge in [-0.2, -0.15) is 5.26 Å². The van der Waals surface area contributed by atoms with Gasteiger partial charge in [-0.1, -0.05) is 0 Å². The van der Waals surface area contributed by atoms with E-state index in [-0.39, 0.29) is 0 Å². The summed E-state index contributed by atoms with van der Waals surface area (Å²) in [6, 6.07) is 2.15. The number of rotatable bonds is 1. The first-order valence-corrected chi connectivity index (χ1v) is 4.82. The smallest absolute Gasteiger partial charge is 0.115 e. The molecule has 0 unspecified atom stereocenters. The zero-order chi connectivity index (χ0) is 9.80. The summed E-state index contributed by atoms with van der Waals surface area (Å²) < 4.78 is 0. The van der Waals surface area contributed by atoms with Crippen LogP contribution in [0, 0.1) is 11.3 Å². The van der Waals surface area contributed by atoms with Crippen molar-refractivity contribution in [2.75, 3.05) is 13.1 Å². The Morgan fingerprint density at radius 3 is 2.93 bits per heavy atom. The first-order chi connectivity index (χ1) is 6.92. The van der Waals surface area contributed by atoms with Crippen molar-refractivity contribution in [3.63, 3.8) is 0 Å². The number of hydrogen-bond acceptors (Lipinski definition) is 4. The van der Waals surface area contributed by atoms with Gasteiger partial charge in [0.1, 0.15) is 12.4 Å². The minimum absolute atomic E-state index is 0.425. The molecule has 72 valence electrons. The molecular formula is C10H12N4. The summed E-state index contributed by atoms with van der Waals surface area (Å²) in [6.07, 6.45) is 5.25. The predicted molar refractivity (Wildman–Crippen MR) is 51.6 cm³/mol. The van der Waals surface area contributed by atoms with Gasteiger partial charge in [0.2, 0.25) is 0 Å². The molecule has 0 spiro atoms. The Hall–Kier alpha value is -1.47. The van der Waals surface area contributed by atoms with Crippen LogP contribution in [0.2, 0.25) is 0 Å². The lowest BCUT2D eigenvalue weighted by atomic mass is 9.92. The van der Waals surface area contributed by atoms with E-state index in [2.05, 4.69) is 21.4 Å².